The molecular formula is C9H12ClN5O. The van der Waals surface area contributed by atoms with Crippen molar-refractivity contribution < 1.29 is 4.74 Å². The number of fused-ring (bicyclic) bond motifs is 1. The van der Waals surface area contributed by atoms with Gasteiger partial charge in [-0.3, -0.25) is 0 Å². The number of rotatable bonds is 2. The molecule has 1 aliphatic heterocycles. The Balaban J connectivity index is 0.000000963. The molecule has 1 aliphatic rings. The average Bonchev–Trinajstić information content (AvgIpc) is 2.58. The Morgan fingerprint density at radius 1 is 1.50 bits per heavy atom. The van der Waals surface area contributed by atoms with Gasteiger partial charge >= 0.3 is 0 Å². The molecule has 0 radical (unpaired) electrons. The van der Waals surface area contributed by atoms with Gasteiger partial charge in [0.25, 0.3) is 5.78 Å². The van der Waals surface area contributed by atoms with Crippen molar-refractivity contribution in [3.8, 4) is 5.88 Å². The van der Waals surface area contributed by atoms with Crippen molar-refractivity contribution in [2.45, 2.75) is 13.0 Å². The minimum absolute atomic E-state index is 0. The summed E-state index contributed by atoms with van der Waals surface area (Å²) in [5.74, 6) is 1.29. The zero-order valence-corrected chi connectivity index (χ0v) is 9.57. The third-order valence-electron chi connectivity index (χ3n) is 2.38. The van der Waals surface area contributed by atoms with E-state index in [2.05, 4.69) is 20.4 Å². The smallest absolute Gasteiger partial charge is 0.255 e. The summed E-state index contributed by atoms with van der Waals surface area (Å²) in [6, 6.07) is 1.88. The van der Waals surface area contributed by atoms with E-state index < -0.39 is 0 Å². The lowest BCUT2D eigenvalue weighted by Gasteiger charge is -2.27. The second kappa shape index (κ2) is 4.23. The first kappa shape index (κ1) is 11.1. The van der Waals surface area contributed by atoms with Crippen LogP contribution in [0.3, 0.4) is 0 Å². The number of ether oxygens (including phenoxy) is 1. The fraction of sp³-hybridized carbons (Fsp3) is 0.444. The van der Waals surface area contributed by atoms with E-state index in [-0.39, 0.29) is 18.5 Å². The molecule has 0 aromatic carbocycles. The van der Waals surface area contributed by atoms with Gasteiger partial charge in [-0.05, 0) is 6.92 Å². The van der Waals surface area contributed by atoms with Gasteiger partial charge in [0.05, 0.1) is 0 Å². The molecule has 0 atom stereocenters. The standard InChI is InChI=1S/C9H11N5O.ClH/c1-6-2-8(15-7-3-10-4-7)14-9(13-6)11-5-12-14;/h2,5,7,10H,3-4H2,1H3;1H. The van der Waals surface area contributed by atoms with Crippen molar-refractivity contribution in [3.05, 3.63) is 18.1 Å². The van der Waals surface area contributed by atoms with Gasteiger partial charge < -0.3 is 10.1 Å². The van der Waals surface area contributed by atoms with Crippen molar-refractivity contribution in [1.29, 1.82) is 0 Å². The first-order valence-electron chi connectivity index (χ1n) is 4.88. The summed E-state index contributed by atoms with van der Waals surface area (Å²) >= 11 is 0. The normalized spacial score (nSPS) is 15.6. The van der Waals surface area contributed by atoms with Crippen LogP contribution in [0.15, 0.2) is 12.4 Å². The highest BCUT2D eigenvalue weighted by Crippen LogP contribution is 2.15. The number of hydrogen-bond acceptors (Lipinski definition) is 5. The summed E-state index contributed by atoms with van der Waals surface area (Å²) in [5, 5.41) is 7.22. The molecule has 16 heavy (non-hydrogen) atoms. The van der Waals surface area contributed by atoms with Gasteiger partial charge in [-0.1, -0.05) is 0 Å². The Hall–Kier alpha value is -1.40. The van der Waals surface area contributed by atoms with Crippen molar-refractivity contribution in [3.63, 3.8) is 0 Å². The molecule has 3 heterocycles. The quantitative estimate of drug-likeness (QED) is 0.814. The molecule has 1 fully saturated rings. The Morgan fingerprint density at radius 2 is 2.31 bits per heavy atom. The molecule has 3 rings (SSSR count). The van der Waals surface area contributed by atoms with Gasteiger partial charge in [-0.2, -0.15) is 14.6 Å². The minimum atomic E-state index is 0. The number of aryl methyl sites for hydroxylation is 1. The van der Waals surface area contributed by atoms with Crippen LogP contribution in [-0.2, 0) is 0 Å². The topological polar surface area (TPSA) is 64.3 Å². The molecular weight excluding hydrogens is 230 g/mol. The zero-order chi connectivity index (χ0) is 10.3. The monoisotopic (exact) mass is 241 g/mol. The van der Waals surface area contributed by atoms with Crippen LogP contribution in [0.4, 0.5) is 0 Å². The molecule has 0 aliphatic carbocycles. The molecule has 0 saturated carbocycles. The number of aromatic nitrogens is 4. The lowest BCUT2D eigenvalue weighted by molar-refractivity contribution is 0.132. The fourth-order valence-electron chi connectivity index (χ4n) is 1.50. The van der Waals surface area contributed by atoms with E-state index in [0.717, 1.165) is 18.8 Å². The van der Waals surface area contributed by atoms with Gasteiger partial charge in [0.1, 0.15) is 12.4 Å². The van der Waals surface area contributed by atoms with Crippen molar-refractivity contribution in [2.75, 3.05) is 13.1 Å². The average molecular weight is 242 g/mol. The molecule has 0 spiro atoms. The second-order valence-electron chi connectivity index (χ2n) is 3.61. The van der Waals surface area contributed by atoms with E-state index in [1.807, 2.05) is 13.0 Å². The van der Waals surface area contributed by atoms with Gasteiger partial charge in [-0.15, -0.1) is 12.4 Å². The van der Waals surface area contributed by atoms with Gasteiger partial charge in [0.2, 0.25) is 5.88 Å². The van der Waals surface area contributed by atoms with E-state index in [4.69, 9.17) is 4.74 Å². The van der Waals surface area contributed by atoms with E-state index >= 15 is 0 Å². The lowest BCUT2D eigenvalue weighted by atomic mass is 10.2. The second-order valence-corrected chi connectivity index (χ2v) is 3.61. The van der Waals surface area contributed by atoms with Crippen LogP contribution in [0.5, 0.6) is 5.88 Å². The minimum Gasteiger partial charge on any atom is -0.471 e. The number of hydrogen-bond donors (Lipinski definition) is 1. The fourth-order valence-corrected chi connectivity index (χ4v) is 1.50. The maximum absolute atomic E-state index is 5.76. The van der Waals surface area contributed by atoms with E-state index in [1.165, 1.54) is 6.33 Å². The van der Waals surface area contributed by atoms with Crippen LogP contribution in [0, 0.1) is 6.92 Å². The predicted molar refractivity (Wildman–Crippen MR) is 60.1 cm³/mol. The highest BCUT2D eigenvalue weighted by Gasteiger charge is 2.20. The van der Waals surface area contributed by atoms with Gasteiger partial charge in [-0.25, -0.2) is 4.98 Å². The summed E-state index contributed by atoms with van der Waals surface area (Å²) in [6.07, 6.45) is 1.72. The molecule has 1 saturated heterocycles. The number of nitrogens with zero attached hydrogens (tertiary/aromatic N) is 4. The summed E-state index contributed by atoms with van der Waals surface area (Å²) in [4.78, 5) is 8.28. The molecule has 2 aromatic rings. The molecule has 6 nitrogen and oxygen atoms in total. The third kappa shape index (κ3) is 1.81. The van der Waals surface area contributed by atoms with Crippen molar-refractivity contribution >= 4 is 18.2 Å². The Morgan fingerprint density at radius 3 is 3.00 bits per heavy atom. The van der Waals surface area contributed by atoms with Crippen molar-refractivity contribution in [1.82, 2.24) is 24.9 Å². The lowest BCUT2D eigenvalue weighted by Crippen LogP contribution is -2.50. The molecule has 86 valence electrons. The van der Waals surface area contributed by atoms with Crippen LogP contribution in [0.25, 0.3) is 5.78 Å². The van der Waals surface area contributed by atoms with Crippen molar-refractivity contribution in [2.24, 2.45) is 0 Å². The Labute approximate surface area is 98.4 Å². The Kier molecular flexibility index (Phi) is 2.93. The molecule has 0 amide bonds. The van der Waals surface area contributed by atoms with E-state index in [1.54, 1.807) is 4.52 Å². The first-order valence-corrected chi connectivity index (χ1v) is 4.88. The molecule has 1 N–H and O–H groups in total. The SMILES string of the molecule is Cc1cc(OC2CNC2)n2ncnc2n1.Cl. The van der Waals surface area contributed by atoms with Crippen LogP contribution in [0.2, 0.25) is 0 Å². The number of halogens is 1. The first-order chi connectivity index (χ1) is 7.33. The van der Waals surface area contributed by atoms with Crippen LogP contribution in [-0.4, -0.2) is 38.8 Å². The maximum Gasteiger partial charge on any atom is 0.255 e. The van der Waals surface area contributed by atoms with E-state index in [9.17, 15) is 0 Å². The summed E-state index contributed by atoms with van der Waals surface area (Å²) < 4.78 is 7.38. The molecule has 0 unspecified atom stereocenters. The van der Waals surface area contributed by atoms with E-state index in [0.29, 0.717) is 11.7 Å². The van der Waals surface area contributed by atoms with Gasteiger partial charge in [0.15, 0.2) is 0 Å². The predicted octanol–water partition coefficient (Wildman–Crippen LogP) is 0.205. The summed E-state index contributed by atoms with van der Waals surface area (Å²) in [5.41, 5.74) is 0.887. The highest BCUT2D eigenvalue weighted by atomic mass is 35.5. The molecule has 7 heteroatoms. The Bertz CT molecular complexity index is 496. The van der Waals surface area contributed by atoms with Crippen LogP contribution >= 0.6 is 12.4 Å². The molecule has 0 bridgehead atoms. The highest BCUT2D eigenvalue weighted by molar-refractivity contribution is 5.85. The largest absolute Gasteiger partial charge is 0.471 e. The van der Waals surface area contributed by atoms with Crippen LogP contribution < -0.4 is 10.1 Å². The zero-order valence-electron chi connectivity index (χ0n) is 8.75. The summed E-state index contributed by atoms with van der Waals surface area (Å²) in [7, 11) is 0. The van der Waals surface area contributed by atoms with Gasteiger partial charge in [0, 0.05) is 24.8 Å². The number of nitrogens with one attached hydrogen (secondary N) is 1. The maximum atomic E-state index is 5.76. The summed E-state index contributed by atoms with van der Waals surface area (Å²) in [6.45, 7) is 3.69. The van der Waals surface area contributed by atoms with Crippen LogP contribution in [0.1, 0.15) is 5.69 Å². The third-order valence-corrected chi connectivity index (χ3v) is 2.38. The molecule has 2 aromatic heterocycles.